The Morgan fingerprint density at radius 3 is 2.63 bits per heavy atom. The molecule has 0 fully saturated rings. The minimum Gasteiger partial charge on any atom is -0.294 e. The maximum atomic E-state index is 13.1. The van der Waals surface area contributed by atoms with Crippen molar-refractivity contribution in [3.05, 3.63) is 100 Å². The Bertz CT molecular complexity index is 1120. The lowest BCUT2D eigenvalue weighted by atomic mass is 9.79. The molecule has 0 saturated carbocycles. The Morgan fingerprint density at radius 2 is 1.90 bits per heavy atom. The van der Waals surface area contributed by atoms with Crippen molar-refractivity contribution in [2.75, 3.05) is 0 Å². The summed E-state index contributed by atoms with van der Waals surface area (Å²) in [4.78, 5) is 25.4. The van der Waals surface area contributed by atoms with Crippen LogP contribution in [0.2, 0.25) is 0 Å². The number of ketones is 2. The summed E-state index contributed by atoms with van der Waals surface area (Å²) in [7, 11) is 0. The standard InChI is InChI=1S/C26H25FNO2/c1-17-3-10-24-20(13-17)6-7-22(26(24)30)14-21-11-12-28(16-25(21)18(2)29)15-19-4-8-23(27)9-5-19/h3-5,8-13,16,22H,6-7,14-15H2,1-2H3/q+1. The molecule has 2 aromatic carbocycles. The number of hydrogen-bond donors (Lipinski definition) is 0. The molecule has 1 aliphatic carbocycles. The first-order valence-electron chi connectivity index (χ1n) is 10.3. The minimum absolute atomic E-state index is 0.0160. The Hall–Kier alpha value is -3.14. The predicted octanol–water partition coefficient (Wildman–Crippen LogP) is 4.66. The number of aromatic nitrogens is 1. The van der Waals surface area contributed by atoms with Crippen molar-refractivity contribution in [1.29, 1.82) is 0 Å². The van der Waals surface area contributed by atoms with Gasteiger partial charge in [0.2, 0.25) is 0 Å². The van der Waals surface area contributed by atoms with E-state index in [2.05, 4.69) is 6.07 Å². The fourth-order valence-electron chi connectivity index (χ4n) is 4.27. The van der Waals surface area contributed by atoms with Crippen molar-refractivity contribution in [3.8, 4) is 0 Å². The third kappa shape index (κ3) is 4.23. The summed E-state index contributed by atoms with van der Waals surface area (Å²) < 4.78 is 15.1. The molecule has 1 heterocycles. The molecule has 0 N–H and O–H groups in total. The Morgan fingerprint density at radius 1 is 1.13 bits per heavy atom. The molecule has 4 heteroatoms. The summed E-state index contributed by atoms with van der Waals surface area (Å²) in [6.45, 7) is 4.15. The molecule has 0 saturated heterocycles. The lowest BCUT2D eigenvalue weighted by molar-refractivity contribution is -0.688. The fourth-order valence-corrected chi connectivity index (χ4v) is 4.27. The van der Waals surface area contributed by atoms with Crippen molar-refractivity contribution in [3.63, 3.8) is 0 Å². The highest BCUT2D eigenvalue weighted by atomic mass is 19.1. The third-order valence-corrected chi connectivity index (χ3v) is 5.89. The van der Waals surface area contributed by atoms with Gasteiger partial charge in [0.15, 0.2) is 30.5 Å². The number of rotatable bonds is 5. The fraction of sp³-hybridized carbons (Fsp3) is 0.269. The van der Waals surface area contributed by atoms with E-state index in [0.29, 0.717) is 18.5 Å². The summed E-state index contributed by atoms with van der Waals surface area (Å²) in [5.41, 5.74) is 5.64. The minimum atomic E-state index is -0.266. The van der Waals surface area contributed by atoms with Crippen LogP contribution in [0.3, 0.4) is 0 Å². The zero-order valence-corrected chi connectivity index (χ0v) is 17.3. The number of aryl methyl sites for hydroxylation is 2. The van der Waals surface area contributed by atoms with Gasteiger partial charge in [0, 0.05) is 23.1 Å². The normalized spacial score (nSPS) is 15.7. The number of carbonyl (C=O) groups excluding carboxylic acids is 2. The molecule has 0 radical (unpaired) electrons. The van der Waals surface area contributed by atoms with Gasteiger partial charge < -0.3 is 0 Å². The van der Waals surface area contributed by atoms with Crippen LogP contribution in [0.4, 0.5) is 4.39 Å². The van der Waals surface area contributed by atoms with E-state index in [-0.39, 0.29) is 23.3 Å². The quantitative estimate of drug-likeness (QED) is 0.460. The number of nitrogens with zero attached hydrogens (tertiary/aromatic N) is 1. The topological polar surface area (TPSA) is 38.0 Å². The van der Waals surface area contributed by atoms with Crippen molar-refractivity contribution in [2.45, 2.75) is 39.7 Å². The summed E-state index contributed by atoms with van der Waals surface area (Å²) in [5, 5.41) is 0. The van der Waals surface area contributed by atoms with Gasteiger partial charge in [-0.1, -0.05) is 23.8 Å². The SMILES string of the molecule is CC(=O)c1c[n+](Cc2ccc(F)cc2)ccc1CC1CCc2cc(C)ccc2C1=O. The van der Waals surface area contributed by atoms with Crippen LogP contribution >= 0.6 is 0 Å². The molecular formula is C26H25FNO2+. The number of hydrogen-bond acceptors (Lipinski definition) is 2. The third-order valence-electron chi connectivity index (χ3n) is 5.89. The van der Waals surface area contributed by atoms with Crippen LogP contribution in [0, 0.1) is 18.7 Å². The highest BCUT2D eigenvalue weighted by Crippen LogP contribution is 2.29. The van der Waals surface area contributed by atoms with Crippen molar-refractivity contribution >= 4 is 11.6 Å². The Kier molecular flexibility index (Phi) is 5.58. The molecule has 0 bridgehead atoms. The zero-order valence-electron chi connectivity index (χ0n) is 17.3. The molecule has 4 rings (SSSR count). The van der Waals surface area contributed by atoms with Crippen molar-refractivity contribution in [1.82, 2.24) is 0 Å². The van der Waals surface area contributed by atoms with Gasteiger partial charge in [-0.15, -0.1) is 0 Å². The maximum absolute atomic E-state index is 13.1. The second-order valence-corrected chi connectivity index (χ2v) is 8.20. The van der Waals surface area contributed by atoms with E-state index < -0.39 is 0 Å². The highest BCUT2D eigenvalue weighted by Gasteiger charge is 2.29. The summed E-state index contributed by atoms with van der Waals surface area (Å²) in [5.74, 6) is -0.213. The maximum Gasteiger partial charge on any atom is 0.180 e. The largest absolute Gasteiger partial charge is 0.294 e. The molecule has 1 aromatic heterocycles. The molecule has 30 heavy (non-hydrogen) atoms. The Labute approximate surface area is 176 Å². The van der Waals surface area contributed by atoms with Crippen molar-refractivity contribution < 1.29 is 18.5 Å². The van der Waals surface area contributed by atoms with E-state index in [4.69, 9.17) is 0 Å². The number of carbonyl (C=O) groups is 2. The van der Waals surface area contributed by atoms with E-state index in [1.807, 2.05) is 42.1 Å². The van der Waals surface area contributed by atoms with Crippen LogP contribution in [-0.4, -0.2) is 11.6 Å². The second-order valence-electron chi connectivity index (χ2n) is 8.20. The van der Waals surface area contributed by atoms with Crippen LogP contribution in [0.25, 0.3) is 0 Å². The van der Waals surface area contributed by atoms with Gasteiger partial charge in [-0.25, -0.2) is 8.96 Å². The van der Waals surface area contributed by atoms with E-state index in [9.17, 15) is 14.0 Å². The number of benzene rings is 2. The molecule has 1 atom stereocenters. The number of Topliss-reactive ketones (excluding diaryl/α,β-unsaturated/α-hetero) is 2. The van der Waals surface area contributed by atoms with Gasteiger partial charge in [0.1, 0.15) is 5.82 Å². The molecule has 152 valence electrons. The van der Waals surface area contributed by atoms with Gasteiger partial charge in [-0.05, 0) is 68.5 Å². The summed E-state index contributed by atoms with van der Waals surface area (Å²) >= 11 is 0. The van der Waals surface area contributed by atoms with Gasteiger partial charge >= 0.3 is 0 Å². The molecule has 0 spiro atoms. The van der Waals surface area contributed by atoms with Gasteiger partial charge in [-0.3, -0.25) is 9.59 Å². The smallest absolute Gasteiger partial charge is 0.180 e. The lowest BCUT2D eigenvalue weighted by Crippen LogP contribution is -2.35. The first-order valence-corrected chi connectivity index (χ1v) is 10.3. The molecular weight excluding hydrogens is 377 g/mol. The molecule has 3 nitrogen and oxygen atoms in total. The summed E-state index contributed by atoms with van der Waals surface area (Å²) in [6.07, 6.45) is 6.02. The molecule has 3 aromatic rings. The first kappa shape index (κ1) is 20.1. The molecule has 0 amide bonds. The average molecular weight is 402 g/mol. The van der Waals surface area contributed by atoms with E-state index >= 15 is 0 Å². The van der Waals surface area contributed by atoms with Crippen LogP contribution < -0.4 is 4.57 Å². The van der Waals surface area contributed by atoms with Crippen molar-refractivity contribution in [2.24, 2.45) is 5.92 Å². The predicted molar refractivity (Wildman–Crippen MR) is 113 cm³/mol. The number of fused-ring (bicyclic) bond motifs is 1. The lowest BCUT2D eigenvalue weighted by Gasteiger charge is -2.24. The summed E-state index contributed by atoms with van der Waals surface area (Å²) in [6, 6.07) is 14.3. The highest BCUT2D eigenvalue weighted by molar-refractivity contribution is 6.01. The molecule has 0 aliphatic heterocycles. The zero-order chi connectivity index (χ0) is 21.3. The van der Waals surface area contributed by atoms with E-state index in [1.165, 1.54) is 17.7 Å². The number of pyridine rings is 1. The Balaban J connectivity index is 1.56. The molecule has 1 aliphatic rings. The second kappa shape index (κ2) is 8.31. The van der Waals surface area contributed by atoms with Gasteiger partial charge in [0.25, 0.3) is 0 Å². The van der Waals surface area contributed by atoms with Gasteiger partial charge in [-0.2, -0.15) is 0 Å². The molecule has 1 unspecified atom stereocenters. The monoisotopic (exact) mass is 402 g/mol. The van der Waals surface area contributed by atoms with Crippen LogP contribution in [-0.2, 0) is 19.4 Å². The average Bonchev–Trinajstić information content (AvgIpc) is 2.72. The van der Waals surface area contributed by atoms with Crippen LogP contribution in [0.5, 0.6) is 0 Å². The van der Waals surface area contributed by atoms with E-state index in [1.54, 1.807) is 19.1 Å². The van der Waals surface area contributed by atoms with Crippen LogP contribution in [0.1, 0.15) is 56.3 Å². The van der Waals surface area contributed by atoms with E-state index in [0.717, 1.165) is 35.1 Å². The number of halogens is 1. The van der Waals surface area contributed by atoms with Gasteiger partial charge in [0.05, 0.1) is 5.56 Å². The van der Waals surface area contributed by atoms with Crippen LogP contribution in [0.15, 0.2) is 60.9 Å². The first-order chi connectivity index (χ1) is 14.4.